The molecule has 0 atom stereocenters. The van der Waals surface area contributed by atoms with Crippen LogP contribution in [0.3, 0.4) is 0 Å². The van der Waals surface area contributed by atoms with Crippen molar-refractivity contribution in [1.82, 2.24) is 4.90 Å². The Labute approximate surface area is 108 Å². The molecule has 98 valence electrons. The van der Waals surface area contributed by atoms with E-state index < -0.39 is 0 Å². The largest absolute Gasteiger partial charge is 0.466 e. The van der Waals surface area contributed by atoms with Gasteiger partial charge in [-0.1, -0.05) is 6.58 Å². The minimum atomic E-state index is 0.0991. The van der Waals surface area contributed by atoms with Gasteiger partial charge in [-0.05, 0) is 26.0 Å². The molecule has 1 amide bonds. The summed E-state index contributed by atoms with van der Waals surface area (Å²) in [6, 6.07) is 1.83. The molecule has 1 aromatic heterocycles. The van der Waals surface area contributed by atoms with E-state index in [2.05, 4.69) is 6.58 Å². The molecule has 18 heavy (non-hydrogen) atoms. The van der Waals surface area contributed by atoms with E-state index in [-0.39, 0.29) is 5.91 Å². The highest BCUT2D eigenvalue weighted by Gasteiger charge is 2.25. The van der Waals surface area contributed by atoms with Crippen LogP contribution in [-0.4, -0.2) is 43.5 Å². The quantitative estimate of drug-likeness (QED) is 0.789. The Balaban J connectivity index is 1.99. The SMILES string of the molecule is C=CC[NH+]1CCN(C(=O)c2cc(C)oc2C)CC1. The summed E-state index contributed by atoms with van der Waals surface area (Å²) in [5.74, 6) is 1.62. The van der Waals surface area contributed by atoms with Gasteiger partial charge in [0.25, 0.3) is 5.91 Å². The molecule has 1 fully saturated rings. The number of carbonyl (C=O) groups excluding carboxylic acids is 1. The molecule has 1 aliphatic rings. The van der Waals surface area contributed by atoms with Crippen LogP contribution >= 0.6 is 0 Å². The van der Waals surface area contributed by atoms with E-state index in [9.17, 15) is 4.79 Å². The number of hydrogen-bond acceptors (Lipinski definition) is 2. The van der Waals surface area contributed by atoms with E-state index in [1.165, 1.54) is 4.90 Å². The number of furan rings is 1. The molecule has 1 saturated heterocycles. The molecule has 0 saturated carbocycles. The number of carbonyl (C=O) groups is 1. The summed E-state index contributed by atoms with van der Waals surface area (Å²) < 4.78 is 5.42. The van der Waals surface area contributed by atoms with Crippen molar-refractivity contribution in [1.29, 1.82) is 0 Å². The lowest BCUT2D eigenvalue weighted by molar-refractivity contribution is -0.898. The first kappa shape index (κ1) is 12.9. The van der Waals surface area contributed by atoms with Crippen LogP contribution in [0.2, 0.25) is 0 Å². The minimum absolute atomic E-state index is 0.0991. The zero-order valence-electron chi connectivity index (χ0n) is 11.2. The third kappa shape index (κ3) is 2.64. The van der Waals surface area contributed by atoms with Gasteiger partial charge in [-0.2, -0.15) is 0 Å². The second-order valence-corrected chi connectivity index (χ2v) is 4.86. The van der Waals surface area contributed by atoms with Crippen LogP contribution in [0.4, 0.5) is 0 Å². The van der Waals surface area contributed by atoms with E-state index in [0.29, 0.717) is 5.56 Å². The Hall–Kier alpha value is -1.55. The summed E-state index contributed by atoms with van der Waals surface area (Å²) in [7, 11) is 0. The van der Waals surface area contributed by atoms with E-state index in [1.54, 1.807) is 0 Å². The van der Waals surface area contributed by atoms with Crippen LogP contribution in [0, 0.1) is 13.8 Å². The maximum atomic E-state index is 12.3. The Morgan fingerprint density at radius 1 is 1.50 bits per heavy atom. The minimum Gasteiger partial charge on any atom is -0.466 e. The summed E-state index contributed by atoms with van der Waals surface area (Å²) in [4.78, 5) is 15.8. The van der Waals surface area contributed by atoms with Crippen molar-refractivity contribution in [2.45, 2.75) is 13.8 Å². The molecule has 2 heterocycles. The highest BCUT2D eigenvalue weighted by molar-refractivity contribution is 5.95. The Morgan fingerprint density at radius 3 is 2.67 bits per heavy atom. The number of nitrogens with zero attached hydrogens (tertiary/aromatic N) is 1. The number of hydrogen-bond donors (Lipinski definition) is 1. The zero-order valence-corrected chi connectivity index (χ0v) is 11.2. The lowest BCUT2D eigenvalue weighted by Crippen LogP contribution is -3.14. The number of rotatable bonds is 3. The van der Waals surface area contributed by atoms with Gasteiger partial charge >= 0.3 is 0 Å². The molecular formula is C14H21N2O2+. The van der Waals surface area contributed by atoms with Gasteiger partial charge in [0.05, 0.1) is 38.3 Å². The van der Waals surface area contributed by atoms with Gasteiger partial charge in [0.15, 0.2) is 0 Å². The van der Waals surface area contributed by atoms with Crippen LogP contribution in [0.15, 0.2) is 23.1 Å². The van der Waals surface area contributed by atoms with Gasteiger partial charge in [-0.15, -0.1) is 0 Å². The number of nitrogens with one attached hydrogen (secondary N) is 1. The summed E-state index contributed by atoms with van der Waals surface area (Å²) in [6.45, 7) is 12.1. The van der Waals surface area contributed by atoms with Gasteiger partial charge in [0.1, 0.15) is 11.5 Å². The van der Waals surface area contributed by atoms with Crippen molar-refractivity contribution in [3.05, 3.63) is 35.8 Å². The number of piperazine rings is 1. The molecule has 4 heteroatoms. The predicted molar refractivity (Wildman–Crippen MR) is 69.8 cm³/mol. The normalized spacial score (nSPS) is 16.9. The second kappa shape index (κ2) is 5.40. The molecule has 1 N–H and O–H groups in total. The third-order valence-corrected chi connectivity index (χ3v) is 3.46. The summed E-state index contributed by atoms with van der Waals surface area (Å²) in [6.07, 6.45) is 1.94. The van der Waals surface area contributed by atoms with E-state index in [0.717, 1.165) is 44.2 Å². The van der Waals surface area contributed by atoms with Gasteiger partial charge in [-0.25, -0.2) is 0 Å². The number of quaternary nitrogens is 1. The topological polar surface area (TPSA) is 37.9 Å². The fraction of sp³-hybridized carbons (Fsp3) is 0.500. The number of amides is 1. The van der Waals surface area contributed by atoms with E-state index >= 15 is 0 Å². The molecule has 0 aromatic carbocycles. The molecule has 4 nitrogen and oxygen atoms in total. The van der Waals surface area contributed by atoms with Crippen LogP contribution in [0.5, 0.6) is 0 Å². The monoisotopic (exact) mass is 249 g/mol. The van der Waals surface area contributed by atoms with Crippen molar-refractivity contribution in [2.75, 3.05) is 32.7 Å². The molecular weight excluding hydrogens is 228 g/mol. The first-order chi connectivity index (χ1) is 8.61. The molecule has 2 rings (SSSR count). The predicted octanol–water partition coefficient (Wildman–Crippen LogP) is 0.423. The van der Waals surface area contributed by atoms with E-state index in [4.69, 9.17) is 4.42 Å². The lowest BCUT2D eigenvalue weighted by Gasteiger charge is -2.31. The first-order valence-electron chi connectivity index (χ1n) is 6.42. The lowest BCUT2D eigenvalue weighted by atomic mass is 10.2. The highest BCUT2D eigenvalue weighted by atomic mass is 16.3. The summed E-state index contributed by atoms with van der Waals surface area (Å²) in [5, 5.41) is 0. The third-order valence-electron chi connectivity index (χ3n) is 3.46. The Morgan fingerprint density at radius 2 is 2.17 bits per heavy atom. The van der Waals surface area contributed by atoms with Crippen molar-refractivity contribution in [3.63, 3.8) is 0 Å². The highest BCUT2D eigenvalue weighted by Crippen LogP contribution is 2.15. The summed E-state index contributed by atoms with van der Waals surface area (Å²) in [5.41, 5.74) is 0.708. The fourth-order valence-corrected chi connectivity index (χ4v) is 2.45. The Bertz CT molecular complexity index is 443. The molecule has 0 bridgehead atoms. The van der Waals surface area contributed by atoms with Crippen molar-refractivity contribution >= 4 is 5.91 Å². The van der Waals surface area contributed by atoms with Gasteiger partial charge < -0.3 is 14.2 Å². The maximum absolute atomic E-state index is 12.3. The van der Waals surface area contributed by atoms with Gasteiger partial charge in [-0.3, -0.25) is 4.79 Å². The molecule has 0 spiro atoms. The molecule has 0 aliphatic carbocycles. The number of aryl methyl sites for hydroxylation is 2. The van der Waals surface area contributed by atoms with Gasteiger partial charge in [0.2, 0.25) is 0 Å². The van der Waals surface area contributed by atoms with Crippen molar-refractivity contribution < 1.29 is 14.1 Å². The van der Waals surface area contributed by atoms with Gasteiger partial charge in [0, 0.05) is 0 Å². The van der Waals surface area contributed by atoms with Crippen LogP contribution < -0.4 is 4.90 Å². The van der Waals surface area contributed by atoms with Crippen LogP contribution in [0.1, 0.15) is 21.9 Å². The summed E-state index contributed by atoms with van der Waals surface area (Å²) >= 11 is 0. The zero-order chi connectivity index (χ0) is 13.1. The smallest absolute Gasteiger partial charge is 0.257 e. The molecule has 0 unspecified atom stereocenters. The average Bonchev–Trinajstić information content (AvgIpc) is 2.69. The maximum Gasteiger partial charge on any atom is 0.257 e. The Kier molecular flexibility index (Phi) is 3.87. The molecule has 1 aromatic rings. The second-order valence-electron chi connectivity index (χ2n) is 4.86. The average molecular weight is 249 g/mol. The fourth-order valence-electron chi connectivity index (χ4n) is 2.45. The molecule has 1 aliphatic heterocycles. The first-order valence-corrected chi connectivity index (χ1v) is 6.42. The van der Waals surface area contributed by atoms with Crippen LogP contribution in [-0.2, 0) is 0 Å². The standard InChI is InChI=1S/C14H20N2O2/c1-4-5-15-6-8-16(9-7-15)14(17)13-10-11(2)18-12(13)3/h4,10H,1,5-9H2,2-3H3/p+1. The van der Waals surface area contributed by atoms with E-state index in [1.807, 2.05) is 30.9 Å². The van der Waals surface area contributed by atoms with Crippen molar-refractivity contribution in [2.24, 2.45) is 0 Å². The molecule has 0 radical (unpaired) electrons. The van der Waals surface area contributed by atoms with Crippen molar-refractivity contribution in [3.8, 4) is 0 Å². The van der Waals surface area contributed by atoms with Crippen LogP contribution in [0.25, 0.3) is 0 Å².